The number of rotatable bonds is 41. The lowest BCUT2D eigenvalue weighted by molar-refractivity contribution is -0.167. The molecule has 0 rings (SSSR count). The molecule has 0 bridgehead atoms. The van der Waals surface area contributed by atoms with Gasteiger partial charge in [0, 0.05) is 19.3 Å². The Bertz CT molecular complexity index is 781. The molecule has 0 aromatic carbocycles. The van der Waals surface area contributed by atoms with Crippen LogP contribution in [0.4, 0.5) is 0 Å². The number of hydrogen-bond donors (Lipinski definition) is 0. The first kappa shape index (κ1) is 50.4. The van der Waals surface area contributed by atoms with Crippen molar-refractivity contribution in [1.29, 1.82) is 0 Å². The van der Waals surface area contributed by atoms with E-state index in [1.807, 2.05) is 0 Å². The summed E-state index contributed by atoms with van der Waals surface area (Å²) in [7, 11) is 0. The average Bonchev–Trinajstić information content (AvgIpc) is 3.12. The van der Waals surface area contributed by atoms with Gasteiger partial charge in [0.1, 0.15) is 13.2 Å². The SMILES string of the molecule is CCCCCCCCCCCCCCCCC(=O)OC[C@@H](COC(=O)CCCCCCCCCCC)OC(=O)CCCCCCCCCCC(C)C. The number of ether oxygens (including phenoxy) is 3. The molecular formula is C46H88O6. The van der Waals surface area contributed by atoms with Crippen LogP contribution in [0, 0.1) is 5.92 Å². The molecule has 308 valence electrons. The minimum absolute atomic E-state index is 0.0642. The monoisotopic (exact) mass is 737 g/mol. The van der Waals surface area contributed by atoms with Crippen molar-refractivity contribution >= 4 is 17.9 Å². The van der Waals surface area contributed by atoms with E-state index >= 15 is 0 Å². The second kappa shape index (κ2) is 40.6. The van der Waals surface area contributed by atoms with Gasteiger partial charge in [-0.2, -0.15) is 0 Å². The van der Waals surface area contributed by atoms with Crippen molar-refractivity contribution < 1.29 is 28.6 Å². The number of carbonyl (C=O) groups excluding carboxylic acids is 3. The largest absolute Gasteiger partial charge is 0.462 e. The van der Waals surface area contributed by atoms with E-state index in [0.29, 0.717) is 19.3 Å². The summed E-state index contributed by atoms with van der Waals surface area (Å²) in [6.45, 7) is 8.95. The molecule has 52 heavy (non-hydrogen) atoms. The van der Waals surface area contributed by atoms with Gasteiger partial charge in [-0.3, -0.25) is 14.4 Å². The summed E-state index contributed by atoms with van der Waals surface area (Å²) in [5, 5.41) is 0. The first-order chi connectivity index (χ1) is 25.4. The summed E-state index contributed by atoms with van der Waals surface area (Å²) < 4.78 is 16.7. The Balaban J connectivity index is 4.30. The Hall–Kier alpha value is -1.59. The van der Waals surface area contributed by atoms with Gasteiger partial charge in [-0.1, -0.05) is 214 Å². The van der Waals surface area contributed by atoms with Gasteiger partial charge in [0.15, 0.2) is 6.10 Å². The second-order valence-corrected chi connectivity index (χ2v) is 16.2. The molecule has 0 aliphatic rings. The molecule has 0 heterocycles. The number of carbonyl (C=O) groups is 3. The molecule has 1 atom stereocenters. The molecule has 0 amide bonds. The fourth-order valence-electron chi connectivity index (χ4n) is 6.80. The van der Waals surface area contributed by atoms with Gasteiger partial charge in [0.25, 0.3) is 0 Å². The van der Waals surface area contributed by atoms with Crippen LogP contribution in [0.25, 0.3) is 0 Å². The van der Waals surface area contributed by atoms with Crippen LogP contribution in [0.1, 0.15) is 252 Å². The summed E-state index contributed by atoms with van der Waals surface area (Å²) in [5.74, 6) is -0.0642. The smallest absolute Gasteiger partial charge is 0.306 e. The van der Waals surface area contributed by atoms with Crippen molar-refractivity contribution in [2.75, 3.05) is 13.2 Å². The zero-order chi connectivity index (χ0) is 38.2. The highest BCUT2D eigenvalue weighted by Crippen LogP contribution is 2.16. The maximum absolute atomic E-state index is 12.7. The minimum atomic E-state index is -0.759. The molecule has 0 aromatic rings. The average molecular weight is 737 g/mol. The van der Waals surface area contributed by atoms with Gasteiger partial charge in [0.05, 0.1) is 0 Å². The van der Waals surface area contributed by atoms with E-state index in [1.165, 1.54) is 148 Å². The quantitative estimate of drug-likeness (QED) is 0.0353. The van der Waals surface area contributed by atoms with Crippen LogP contribution in [0.5, 0.6) is 0 Å². The van der Waals surface area contributed by atoms with Crippen LogP contribution in [-0.2, 0) is 28.6 Å². The molecular weight excluding hydrogens is 648 g/mol. The molecule has 0 unspecified atom stereocenters. The lowest BCUT2D eigenvalue weighted by atomic mass is 10.0. The lowest BCUT2D eigenvalue weighted by Crippen LogP contribution is -2.30. The van der Waals surface area contributed by atoms with Gasteiger partial charge < -0.3 is 14.2 Å². The first-order valence-electron chi connectivity index (χ1n) is 22.9. The van der Waals surface area contributed by atoms with Crippen molar-refractivity contribution in [1.82, 2.24) is 0 Å². The Morgan fingerprint density at radius 1 is 0.365 bits per heavy atom. The molecule has 0 aromatic heterocycles. The summed E-state index contributed by atoms with van der Waals surface area (Å²) in [4.78, 5) is 37.6. The maximum Gasteiger partial charge on any atom is 0.306 e. The molecule has 0 radical (unpaired) electrons. The summed E-state index contributed by atoms with van der Waals surface area (Å²) in [6, 6.07) is 0. The fraction of sp³-hybridized carbons (Fsp3) is 0.935. The molecule has 6 heteroatoms. The summed E-state index contributed by atoms with van der Waals surface area (Å²) in [6.07, 6.45) is 39.5. The van der Waals surface area contributed by atoms with Gasteiger partial charge >= 0.3 is 17.9 Å². The highest BCUT2D eigenvalue weighted by molar-refractivity contribution is 5.71. The number of hydrogen-bond acceptors (Lipinski definition) is 6. The molecule has 0 aliphatic carbocycles. The van der Waals surface area contributed by atoms with E-state index in [4.69, 9.17) is 14.2 Å². The van der Waals surface area contributed by atoms with Gasteiger partial charge in [-0.05, 0) is 25.2 Å². The number of esters is 3. The van der Waals surface area contributed by atoms with E-state index in [1.54, 1.807) is 0 Å². The Morgan fingerprint density at radius 2 is 0.635 bits per heavy atom. The Kier molecular flexibility index (Phi) is 39.4. The first-order valence-corrected chi connectivity index (χ1v) is 22.9. The van der Waals surface area contributed by atoms with Crippen LogP contribution in [0.3, 0.4) is 0 Å². The maximum atomic E-state index is 12.7. The predicted molar refractivity (Wildman–Crippen MR) is 220 cm³/mol. The van der Waals surface area contributed by atoms with E-state index < -0.39 is 6.10 Å². The van der Waals surface area contributed by atoms with Gasteiger partial charge in [0.2, 0.25) is 0 Å². The summed E-state index contributed by atoms with van der Waals surface area (Å²) in [5.41, 5.74) is 0. The van der Waals surface area contributed by atoms with E-state index in [-0.39, 0.29) is 31.1 Å². The van der Waals surface area contributed by atoms with Crippen LogP contribution in [0.15, 0.2) is 0 Å². The van der Waals surface area contributed by atoms with Crippen molar-refractivity contribution in [3.63, 3.8) is 0 Å². The Morgan fingerprint density at radius 3 is 0.942 bits per heavy atom. The molecule has 0 N–H and O–H groups in total. The molecule has 0 spiro atoms. The van der Waals surface area contributed by atoms with Crippen molar-refractivity contribution in [2.45, 2.75) is 259 Å². The predicted octanol–water partition coefficient (Wildman–Crippen LogP) is 14.3. The zero-order valence-corrected chi connectivity index (χ0v) is 35.3. The molecule has 0 saturated heterocycles. The lowest BCUT2D eigenvalue weighted by Gasteiger charge is -2.18. The Labute approximate surface area is 323 Å². The van der Waals surface area contributed by atoms with Crippen LogP contribution >= 0.6 is 0 Å². The van der Waals surface area contributed by atoms with Gasteiger partial charge in [-0.25, -0.2) is 0 Å². The van der Waals surface area contributed by atoms with Crippen molar-refractivity contribution in [3.05, 3.63) is 0 Å². The normalized spacial score (nSPS) is 11.9. The minimum Gasteiger partial charge on any atom is -0.462 e. The molecule has 0 fully saturated rings. The third-order valence-electron chi connectivity index (χ3n) is 10.3. The van der Waals surface area contributed by atoms with Crippen molar-refractivity contribution in [2.24, 2.45) is 5.92 Å². The molecule has 0 aliphatic heterocycles. The fourth-order valence-corrected chi connectivity index (χ4v) is 6.80. The van der Waals surface area contributed by atoms with Crippen LogP contribution in [-0.4, -0.2) is 37.2 Å². The highest BCUT2D eigenvalue weighted by Gasteiger charge is 2.19. The van der Waals surface area contributed by atoms with E-state index in [9.17, 15) is 14.4 Å². The highest BCUT2D eigenvalue weighted by atomic mass is 16.6. The number of unbranched alkanes of at least 4 members (excludes halogenated alkanes) is 28. The van der Waals surface area contributed by atoms with E-state index in [2.05, 4.69) is 27.7 Å². The van der Waals surface area contributed by atoms with Crippen LogP contribution in [0.2, 0.25) is 0 Å². The summed E-state index contributed by atoms with van der Waals surface area (Å²) >= 11 is 0. The second-order valence-electron chi connectivity index (χ2n) is 16.2. The standard InChI is InChI=1S/C46H88O6/c1-5-7-9-11-13-15-16-17-18-19-21-26-30-34-38-45(48)51-41-43(40-50-44(47)37-33-29-25-20-14-12-10-8-6-2)52-46(49)39-35-31-27-23-22-24-28-32-36-42(3)4/h42-43H,5-41H2,1-4H3/t43-/m1/s1. The van der Waals surface area contributed by atoms with Gasteiger partial charge in [-0.15, -0.1) is 0 Å². The van der Waals surface area contributed by atoms with Crippen molar-refractivity contribution in [3.8, 4) is 0 Å². The third kappa shape index (κ3) is 39.6. The molecule has 0 saturated carbocycles. The zero-order valence-electron chi connectivity index (χ0n) is 35.3. The van der Waals surface area contributed by atoms with E-state index in [0.717, 1.165) is 63.7 Å². The topological polar surface area (TPSA) is 78.9 Å². The molecule has 6 nitrogen and oxygen atoms in total. The third-order valence-corrected chi connectivity index (χ3v) is 10.3. The van der Waals surface area contributed by atoms with Crippen LogP contribution < -0.4 is 0 Å².